The van der Waals surface area contributed by atoms with Gasteiger partial charge in [-0.1, -0.05) is 24.0 Å². The molecule has 6 nitrogen and oxygen atoms in total. The van der Waals surface area contributed by atoms with Crippen LogP contribution in [0.4, 0.5) is 5.95 Å². The van der Waals surface area contributed by atoms with E-state index in [1.165, 1.54) is 0 Å². The number of rotatable bonds is 3. The first-order chi connectivity index (χ1) is 12.1. The van der Waals surface area contributed by atoms with Gasteiger partial charge in [0.1, 0.15) is 14.4 Å². The summed E-state index contributed by atoms with van der Waals surface area (Å²) < 4.78 is 0. The predicted molar refractivity (Wildman–Crippen MR) is 93.9 cm³/mol. The number of nitrogens with one attached hydrogen (secondary N) is 1. The minimum Gasteiger partial charge on any atom is -0.328 e. The minimum absolute atomic E-state index is 0.0113. The Morgan fingerprint density at radius 1 is 1.28 bits per heavy atom. The molecular weight excluding hydrogens is 315 g/mol. The molecule has 7 heteroatoms. The van der Waals surface area contributed by atoms with Gasteiger partial charge in [0, 0.05) is 29.9 Å². The Labute approximate surface area is 147 Å². The number of hydrogen-bond acceptors (Lipinski definition) is 4. The second-order valence-corrected chi connectivity index (χ2v) is 6.72. The Morgan fingerprint density at radius 2 is 2.04 bits per heavy atom. The number of fused-ring (bicyclic) bond motifs is 2. The Kier molecular flexibility index (Phi) is 3.79. The molecule has 0 bridgehead atoms. The lowest BCUT2D eigenvalue weighted by molar-refractivity contribution is -0.117. The van der Waals surface area contributed by atoms with Crippen LogP contribution in [0.3, 0.4) is 0 Å². The summed E-state index contributed by atoms with van der Waals surface area (Å²) in [6, 6.07) is 7.11. The smallest absolute Gasteiger partial charge is 0.254 e. The van der Waals surface area contributed by atoms with Gasteiger partial charge in [-0.2, -0.15) is 0 Å². The van der Waals surface area contributed by atoms with E-state index in [0.29, 0.717) is 17.6 Å². The van der Waals surface area contributed by atoms with Crippen molar-refractivity contribution in [2.75, 3.05) is 18.4 Å². The molecule has 2 radical (unpaired) electrons. The van der Waals surface area contributed by atoms with Crippen LogP contribution in [0.2, 0.25) is 0 Å². The number of anilines is 1. The fourth-order valence-electron chi connectivity index (χ4n) is 3.74. The summed E-state index contributed by atoms with van der Waals surface area (Å²) in [7, 11) is 5.93. The molecule has 4 rings (SSSR count). The Bertz CT molecular complexity index is 836. The number of carbonyl (C=O) groups excluding carboxylic acids is 2. The van der Waals surface area contributed by atoms with Gasteiger partial charge in [0.2, 0.25) is 11.9 Å². The highest BCUT2D eigenvalue weighted by molar-refractivity contribution is 6.32. The molecule has 0 unspecified atom stereocenters. The molecule has 0 atom stereocenters. The Morgan fingerprint density at radius 3 is 2.72 bits per heavy atom. The van der Waals surface area contributed by atoms with Crippen molar-refractivity contribution >= 4 is 31.1 Å². The molecule has 2 aromatic rings. The lowest BCUT2D eigenvalue weighted by Gasteiger charge is -2.49. The van der Waals surface area contributed by atoms with Crippen LogP contribution in [-0.4, -0.2) is 47.6 Å². The molecule has 1 saturated carbocycles. The normalized spacial score (nSPS) is 17.8. The minimum atomic E-state index is -0.298. The topological polar surface area (TPSA) is 75.2 Å². The standard InChI is InChI=1S/C18H17BN4O2/c19-12-3-4-13-14(9-12)18(5-1-6-18)11-23(16(13)25)10-15(24)22-17-20-7-2-8-21-17/h2-4,7-9H,1,5-6,10-11H2,(H,20,21,22,24). The molecule has 1 N–H and O–H groups in total. The Hall–Kier alpha value is -2.70. The highest BCUT2D eigenvalue weighted by atomic mass is 16.2. The van der Waals surface area contributed by atoms with Gasteiger partial charge in [-0.05, 0) is 30.5 Å². The number of nitrogens with zero attached hydrogens (tertiary/aromatic N) is 3. The molecule has 1 aliphatic heterocycles. The third kappa shape index (κ3) is 2.79. The Balaban J connectivity index is 1.56. The van der Waals surface area contributed by atoms with Gasteiger partial charge >= 0.3 is 0 Å². The van der Waals surface area contributed by atoms with E-state index in [4.69, 9.17) is 7.85 Å². The highest BCUT2D eigenvalue weighted by Gasteiger charge is 2.47. The van der Waals surface area contributed by atoms with Crippen molar-refractivity contribution in [3.8, 4) is 0 Å². The van der Waals surface area contributed by atoms with Crippen molar-refractivity contribution in [3.63, 3.8) is 0 Å². The molecule has 2 aliphatic rings. The number of benzene rings is 1. The third-order valence-electron chi connectivity index (χ3n) is 5.09. The number of aromatic nitrogens is 2. The maximum Gasteiger partial charge on any atom is 0.254 e. The number of amides is 2. The van der Waals surface area contributed by atoms with Crippen LogP contribution in [0.1, 0.15) is 35.2 Å². The summed E-state index contributed by atoms with van der Waals surface area (Å²) in [5, 5.41) is 2.63. The molecular formula is C18H17BN4O2. The van der Waals surface area contributed by atoms with E-state index in [1.807, 2.05) is 6.07 Å². The molecule has 2 amide bonds. The van der Waals surface area contributed by atoms with Crippen LogP contribution in [-0.2, 0) is 10.2 Å². The van der Waals surface area contributed by atoms with Crippen molar-refractivity contribution in [1.29, 1.82) is 0 Å². The van der Waals surface area contributed by atoms with Crippen molar-refractivity contribution in [2.24, 2.45) is 0 Å². The van der Waals surface area contributed by atoms with Crippen molar-refractivity contribution in [1.82, 2.24) is 14.9 Å². The maximum absolute atomic E-state index is 12.8. The van der Waals surface area contributed by atoms with Gasteiger partial charge in [-0.3, -0.25) is 14.9 Å². The van der Waals surface area contributed by atoms with Gasteiger partial charge < -0.3 is 4.90 Å². The van der Waals surface area contributed by atoms with Crippen LogP contribution in [0.15, 0.2) is 36.7 Å². The van der Waals surface area contributed by atoms with Crippen LogP contribution in [0, 0.1) is 0 Å². The van der Waals surface area contributed by atoms with E-state index >= 15 is 0 Å². The zero-order valence-electron chi connectivity index (χ0n) is 13.7. The highest BCUT2D eigenvalue weighted by Crippen LogP contribution is 2.47. The van der Waals surface area contributed by atoms with E-state index in [9.17, 15) is 9.59 Å². The zero-order valence-corrected chi connectivity index (χ0v) is 13.7. The fourth-order valence-corrected chi connectivity index (χ4v) is 3.74. The van der Waals surface area contributed by atoms with Gasteiger partial charge in [0.05, 0.1) is 0 Å². The van der Waals surface area contributed by atoms with Crippen molar-refractivity contribution in [2.45, 2.75) is 24.7 Å². The van der Waals surface area contributed by atoms with Gasteiger partial charge in [0.15, 0.2) is 0 Å². The van der Waals surface area contributed by atoms with Crippen LogP contribution in [0.5, 0.6) is 0 Å². The number of carbonyl (C=O) groups is 2. The first kappa shape index (κ1) is 15.8. The van der Waals surface area contributed by atoms with Crippen LogP contribution >= 0.6 is 0 Å². The SMILES string of the molecule is [B]c1ccc2c(c1)C1(CCC1)CN(CC(=O)Nc1ncccn1)C2=O. The second kappa shape index (κ2) is 5.99. The first-order valence-corrected chi connectivity index (χ1v) is 8.34. The molecule has 1 fully saturated rings. The molecule has 0 saturated heterocycles. The first-order valence-electron chi connectivity index (χ1n) is 8.34. The average Bonchev–Trinajstić information content (AvgIpc) is 2.56. The molecule has 124 valence electrons. The van der Waals surface area contributed by atoms with E-state index in [0.717, 1.165) is 24.8 Å². The molecule has 1 aliphatic carbocycles. The predicted octanol–water partition coefficient (Wildman–Crippen LogP) is 0.787. The molecule has 2 heterocycles. The van der Waals surface area contributed by atoms with E-state index in [2.05, 4.69) is 15.3 Å². The maximum atomic E-state index is 12.8. The fraction of sp³-hybridized carbons (Fsp3) is 0.333. The average molecular weight is 332 g/mol. The molecule has 25 heavy (non-hydrogen) atoms. The van der Waals surface area contributed by atoms with E-state index in [-0.39, 0.29) is 29.7 Å². The lowest BCUT2D eigenvalue weighted by atomic mass is 9.61. The van der Waals surface area contributed by atoms with Gasteiger partial charge in [-0.15, -0.1) is 0 Å². The van der Waals surface area contributed by atoms with Crippen molar-refractivity contribution in [3.05, 3.63) is 47.8 Å². The third-order valence-corrected chi connectivity index (χ3v) is 5.09. The molecule has 1 aromatic carbocycles. The molecule has 1 spiro atoms. The van der Waals surface area contributed by atoms with E-state index < -0.39 is 0 Å². The number of hydrogen-bond donors (Lipinski definition) is 1. The largest absolute Gasteiger partial charge is 0.328 e. The monoisotopic (exact) mass is 332 g/mol. The lowest BCUT2D eigenvalue weighted by Crippen LogP contribution is -2.54. The summed E-state index contributed by atoms with van der Waals surface area (Å²) in [4.78, 5) is 34.7. The van der Waals surface area contributed by atoms with Crippen LogP contribution in [0.25, 0.3) is 0 Å². The van der Waals surface area contributed by atoms with Gasteiger partial charge in [-0.25, -0.2) is 9.97 Å². The summed E-state index contributed by atoms with van der Waals surface area (Å²) in [6.07, 6.45) is 6.25. The van der Waals surface area contributed by atoms with Crippen LogP contribution < -0.4 is 10.8 Å². The summed E-state index contributed by atoms with van der Waals surface area (Å²) in [5.41, 5.74) is 2.29. The second-order valence-electron chi connectivity index (χ2n) is 6.72. The summed E-state index contributed by atoms with van der Waals surface area (Å²) in [6.45, 7) is 0.536. The van der Waals surface area contributed by atoms with E-state index in [1.54, 1.807) is 35.5 Å². The van der Waals surface area contributed by atoms with Crippen molar-refractivity contribution < 1.29 is 9.59 Å². The van der Waals surface area contributed by atoms with Gasteiger partial charge in [0.25, 0.3) is 5.91 Å². The summed E-state index contributed by atoms with van der Waals surface area (Å²) >= 11 is 0. The zero-order chi connectivity index (χ0) is 17.4. The quantitative estimate of drug-likeness (QED) is 0.843. The summed E-state index contributed by atoms with van der Waals surface area (Å²) in [5.74, 6) is -0.187. The molecule has 1 aromatic heterocycles.